The van der Waals surface area contributed by atoms with Crippen molar-refractivity contribution in [1.82, 2.24) is 19.9 Å². The largest absolute Gasteiger partial charge is 0.494 e. The number of hydrogen-bond donors (Lipinski definition) is 4. The summed E-state index contributed by atoms with van der Waals surface area (Å²) in [6.45, 7) is 0.875. The predicted molar refractivity (Wildman–Crippen MR) is 120 cm³/mol. The van der Waals surface area contributed by atoms with Gasteiger partial charge in [0, 0.05) is 34.7 Å². The quantitative estimate of drug-likeness (QED) is 0.395. The Labute approximate surface area is 182 Å². The van der Waals surface area contributed by atoms with Gasteiger partial charge in [-0.15, -0.1) is 0 Å². The Hall–Kier alpha value is -3.29. The van der Waals surface area contributed by atoms with Crippen molar-refractivity contribution in [2.24, 2.45) is 0 Å². The molecule has 0 unspecified atom stereocenters. The molecule has 0 saturated heterocycles. The van der Waals surface area contributed by atoms with Crippen molar-refractivity contribution >= 4 is 22.5 Å². The van der Waals surface area contributed by atoms with Crippen LogP contribution >= 0.6 is 11.6 Å². The lowest BCUT2D eigenvalue weighted by molar-refractivity contribution is 0.382. The van der Waals surface area contributed by atoms with E-state index in [-0.39, 0.29) is 18.0 Å². The lowest BCUT2D eigenvalue weighted by atomic mass is 9.95. The molecule has 0 radical (unpaired) electrons. The summed E-state index contributed by atoms with van der Waals surface area (Å²) in [7, 11) is 0. The first-order valence-electron chi connectivity index (χ1n) is 10.2. The van der Waals surface area contributed by atoms with Crippen molar-refractivity contribution in [3.05, 3.63) is 96.8 Å². The van der Waals surface area contributed by atoms with Gasteiger partial charge in [0.05, 0.1) is 6.04 Å². The minimum absolute atomic E-state index is 0.131. The van der Waals surface area contributed by atoms with Crippen LogP contribution in [0.1, 0.15) is 28.4 Å². The maximum Gasteiger partial charge on any atom is 0.331 e. The number of halogens is 1. The van der Waals surface area contributed by atoms with Crippen LogP contribution in [0.4, 0.5) is 0 Å². The summed E-state index contributed by atoms with van der Waals surface area (Å²) in [5, 5.41) is 15.9. The summed E-state index contributed by atoms with van der Waals surface area (Å²) < 4.78 is 1.22. The van der Waals surface area contributed by atoms with Crippen molar-refractivity contribution in [2.45, 2.75) is 25.4 Å². The van der Waals surface area contributed by atoms with Crippen LogP contribution in [-0.2, 0) is 19.4 Å². The third-order valence-corrected chi connectivity index (χ3v) is 6.11. The lowest BCUT2D eigenvalue weighted by Gasteiger charge is -2.25. The van der Waals surface area contributed by atoms with E-state index >= 15 is 0 Å². The SMILES string of the molecule is O=c1[nH]c(=O)n(CCc2ccccc2)c(O)c1[C@@H]1NCCc2c1[nH]c1ccc(Cl)cc21. The smallest absolute Gasteiger partial charge is 0.331 e. The number of aromatic amines is 2. The van der Waals surface area contributed by atoms with Crippen LogP contribution < -0.4 is 16.6 Å². The molecule has 4 aromatic rings. The molecule has 31 heavy (non-hydrogen) atoms. The molecule has 4 N–H and O–H groups in total. The molecule has 5 rings (SSSR count). The fraction of sp³-hybridized carbons (Fsp3) is 0.217. The molecule has 1 aliphatic rings. The van der Waals surface area contributed by atoms with E-state index in [1.807, 2.05) is 48.5 Å². The Balaban J connectivity index is 1.59. The van der Waals surface area contributed by atoms with Crippen LogP contribution in [0.25, 0.3) is 10.9 Å². The fourth-order valence-corrected chi connectivity index (χ4v) is 4.55. The zero-order chi connectivity index (χ0) is 21.5. The van der Waals surface area contributed by atoms with Gasteiger partial charge in [0.2, 0.25) is 5.88 Å². The maximum atomic E-state index is 12.8. The van der Waals surface area contributed by atoms with Gasteiger partial charge in [-0.1, -0.05) is 41.9 Å². The first kappa shape index (κ1) is 19.7. The van der Waals surface area contributed by atoms with Gasteiger partial charge in [-0.3, -0.25) is 14.3 Å². The molecule has 7 nitrogen and oxygen atoms in total. The molecule has 1 aliphatic heterocycles. The third-order valence-electron chi connectivity index (χ3n) is 5.88. The van der Waals surface area contributed by atoms with Crippen molar-refractivity contribution in [3.8, 4) is 5.88 Å². The first-order chi connectivity index (χ1) is 15.0. The molecule has 0 fully saturated rings. The molecule has 8 heteroatoms. The number of benzene rings is 2. The summed E-state index contributed by atoms with van der Waals surface area (Å²) in [5.41, 5.74) is 2.72. The predicted octanol–water partition coefficient (Wildman–Crippen LogP) is 2.85. The highest BCUT2D eigenvalue weighted by Crippen LogP contribution is 2.35. The zero-order valence-corrected chi connectivity index (χ0v) is 17.4. The summed E-state index contributed by atoms with van der Waals surface area (Å²) >= 11 is 6.18. The average Bonchev–Trinajstić information content (AvgIpc) is 3.13. The third kappa shape index (κ3) is 3.45. The van der Waals surface area contributed by atoms with Crippen LogP contribution in [0.15, 0.2) is 58.1 Å². The Morgan fingerprint density at radius 2 is 1.90 bits per heavy atom. The Bertz CT molecular complexity index is 1390. The molecule has 0 aliphatic carbocycles. The number of hydrogen-bond acceptors (Lipinski definition) is 4. The number of fused-ring (bicyclic) bond motifs is 3. The van der Waals surface area contributed by atoms with Gasteiger partial charge < -0.3 is 15.4 Å². The summed E-state index contributed by atoms with van der Waals surface area (Å²) in [5.74, 6) is -0.313. The number of nitrogens with zero attached hydrogens (tertiary/aromatic N) is 1. The molecule has 0 amide bonds. The van der Waals surface area contributed by atoms with Gasteiger partial charge in [-0.2, -0.15) is 0 Å². The number of H-pyrrole nitrogens is 2. The van der Waals surface area contributed by atoms with E-state index in [0.717, 1.165) is 34.1 Å². The Morgan fingerprint density at radius 1 is 1.10 bits per heavy atom. The number of aryl methyl sites for hydroxylation is 1. The van der Waals surface area contributed by atoms with Crippen LogP contribution in [-0.4, -0.2) is 26.2 Å². The highest BCUT2D eigenvalue weighted by Gasteiger charge is 2.31. The highest BCUT2D eigenvalue weighted by atomic mass is 35.5. The summed E-state index contributed by atoms with van der Waals surface area (Å²) in [6.07, 6.45) is 1.31. The molecule has 0 saturated carbocycles. The zero-order valence-electron chi connectivity index (χ0n) is 16.6. The average molecular weight is 437 g/mol. The second kappa shape index (κ2) is 7.76. The van der Waals surface area contributed by atoms with E-state index in [1.165, 1.54) is 4.57 Å². The van der Waals surface area contributed by atoms with Crippen LogP contribution in [0.3, 0.4) is 0 Å². The summed E-state index contributed by atoms with van der Waals surface area (Å²) in [4.78, 5) is 30.9. The van der Waals surface area contributed by atoms with Crippen LogP contribution in [0.5, 0.6) is 5.88 Å². The molecule has 3 heterocycles. The monoisotopic (exact) mass is 436 g/mol. The van der Waals surface area contributed by atoms with Gasteiger partial charge in [-0.05, 0) is 42.2 Å². The Morgan fingerprint density at radius 3 is 2.71 bits per heavy atom. The fourth-order valence-electron chi connectivity index (χ4n) is 4.37. The topological polar surface area (TPSA) is 103 Å². The number of aromatic hydroxyl groups is 1. The van der Waals surface area contributed by atoms with E-state index in [4.69, 9.17) is 11.6 Å². The van der Waals surface area contributed by atoms with Crippen molar-refractivity contribution in [2.75, 3.05) is 6.54 Å². The van der Waals surface area contributed by atoms with E-state index in [1.54, 1.807) is 0 Å². The maximum absolute atomic E-state index is 12.8. The second-order valence-corrected chi connectivity index (χ2v) is 8.16. The number of rotatable bonds is 4. The molecule has 158 valence electrons. The van der Waals surface area contributed by atoms with Gasteiger partial charge in [-0.25, -0.2) is 4.79 Å². The highest BCUT2D eigenvalue weighted by molar-refractivity contribution is 6.31. The number of aromatic nitrogens is 3. The summed E-state index contributed by atoms with van der Waals surface area (Å²) in [6, 6.07) is 14.7. The normalized spacial score (nSPS) is 15.8. The first-order valence-corrected chi connectivity index (χ1v) is 10.5. The molecule has 1 atom stereocenters. The van der Waals surface area contributed by atoms with Crippen molar-refractivity contribution < 1.29 is 5.11 Å². The van der Waals surface area contributed by atoms with Gasteiger partial charge in [0.25, 0.3) is 5.56 Å². The standard InChI is InChI=1S/C23H21ClN4O3/c24-14-6-7-17-16(12-14)15-8-10-25-20(19(15)26-17)18-21(29)27-23(31)28(22(18)30)11-9-13-4-2-1-3-5-13/h1-7,12,20,25-26,30H,8-11H2,(H,27,29,31)/t20-/m0/s1. The van der Waals surface area contributed by atoms with Crippen molar-refractivity contribution in [3.63, 3.8) is 0 Å². The number of nitrogens with one attached hydrogen (secondary N) is 3. The van der Waals surface area contributed by atoms with E-state index in [9.17, 15) is 14.7 Å². The minimum atomic E-state index is -0.623. The Kier molecular flexibility index (Phi) is 4.92. The molecule has 0 bridgehead atoms. The van der Waals surface area contributed by atoms with Gasteiger partial charge in [0.1, 0.15) is 5.56 Å². The minimum Gasteiger partial charge on any atom is -0.494 e. The van der Waals surface area contributed by atoms with E-state index in [2.05, 4.69) is 15.3 Å². The van der Waals surface area contributed by atoms with Crippen LogP contribution in [0, 0.1) is 0 Å². The van der Waals surface area contributed by atoms with Crippen LogP contribution in [0.2, 0.25) is 5.02 Å². The van der Waals surface area contributed by atoms with Gasteiger partial charge in [0.15, 0.2) is 0 Å². The van der Waals surface area contributed by atoms with E-state index in [0.29, 0.717) is 18.0 Å². The molecule has 2 aromatic heterocycles. The van der Waals surface area contributed by atoms with E-state index < -0.39 is 17.3 Å². The lowest BCUT2D eigenvalue weighted by Crippen LogP contribution is -2.39. The molecule has 0 spiro atoms. The second-order valence-electron chi connectivity index (χ2n) is 7.73. The molecular formula is C23H21ClN4O3. The van der Waals surface area contributed by atoms with Gasteiger partial charge >= 0.3 is 5.69 Å². The van der Waals surface area contributed by atoms with Crippen molar-refractivity contribution in [1.29, 1.82) is 0 Å². The molecular weight excluding hydrogens is 416 g/mol. The molecule has 2 aromatic carbocycles.